The molecule has 0 N–H and O–H groups in total. The highest BCUT2D eigenvalue weighted by atomic mass is 35.5. The number of imide groups is 1. The fraction of sp³-hybridized carbons (Fsp3) is 0.500. The van der Waals surface area contributed by atoms with Crippen LogP contribution in [0, 0.1) is 0 Å². The molecule has 0 aromatic rings. The van der Waals surface area contributed by atoms with Gasteiger partial charge in [-0.1, -0.05) is 0 Å². The molecule has 1 atom stereocenters. The molecule has 1 aliphatic rings. The van der Waals surface area contributed by atoms with Crippen LogP contribution >= 0.6 is 11.6 Å². The van der Waals surface area contributed by atoms with E-state index in [-0.39, 0.29) is 6.42 Å². The molecule has 0 radical (unpaired) electrons. The van der Waals surface area contributed by atoms with Gasteiger partial charge in [-0.25, -0.2) is 4.79 Å². The standard InChI is InChI=1S/C6H6ClNO4/c1-3(9)12-8-5(10)2-4(7)6(8)11/h4H,2H2,1H3. The van der Waals surface area contributed by atoms with Gasteiger partial charge in [-0.15, -0.1) is 16.7 Å². The largest absolute Gasteiger partial charge is 0.331 e. The summed E-state index contributed by atoms with van der Waals surface area (Å²) in [6.07, 6.45) is -0.117. The summed E-state index contributed by atoms with van der Waals surface area (Å²) in [5.41, 5.74) is 0. The first-order valence-electron chi connectivity index (χ1n) is 3.21. The van der Waals surface area contributed by atoms with Gasteiger partial charge in [-0.3, -0.25) is 9.59 Å². The lowest BCUT2D eigenvalue weighted by molar-refractivity contribution is -0.195. The van der Waals surface area contributed by atoms with E-state index in [4.69, 9.17) is 11.6 Å². The van der Waals surface area contributed by atoms with Crippen LogP contribution in [0.4, 0.5) is 0 Å². The first kappa shape index (κ1) is 8.99. The SMILES string of the molecule is CC(=O)ON1C(=O)CC(Cl)C1=O. The third-order valence-electron chi connectivity index (χ3n) is 1.27. The predicted molar refractivity (Wildman–Crippen MR) is 37.9 cm³/mol. The van der Waals surface area contributed by atoms with Gasteiger partial charge in [0, 0.05) is 6.92 Å². The van der Waals surface area contributed by atoms with Crippen molar-refractivity contribution in [2.45, 2.75) is 18.7 Å². The van der Waals surface area contributed by atoms with Crippen molar-refractivity contribution in [3.8, 4) is 0 Å². The second kappa shape index (κ2) is 3.10. The Morgan fingerprint density at radius 1 is 1.67 bits per heavy atom. The van der Waals surface area contributed by atoms with Crippen LogP contribution in [0.5, 0.6) is 0 Å². The summed E-state index contributed by atoms with van der Waals surface area (Å²) in [5, 5.41) is -0.503. The van der Waals surface area contributed by atoms with Gasteiger partial charge in [0.25, 0.3) is 11.8 Å². The molecule has 0 aromatic carbocycles. The van der Waals surface area contributed by atoms with Crippen LogP contribution in [0.2, 0.25) is 0 Å². The maximum absolute atomic E-state index is 10.9. The number of hydrogen-bond donors (Lipinski definition) is 0. The molecular formula is C6H6ClNO4. The van der Waals surface area contributed by atoms with Crippen LogP contribution in [0.3, 0.4) is 0 Å². The molecule has 0 aliphatic carbocycles. The van der Waals surface area contributed by atoms with E-state index in [2.05, 4.69) is 4.84 Å². The summed E-state index contributed by atoms with van der Waals surface area (Å²) in [6.45, 7) is 1.10. The quantitative estimate of drug-likeness (QED) is 0.427. The summed E-state index contributed by atoms with van der Waals surface area (Å²) in [7, 11) is 0. The highest BCUT2D eigenvalue weighted by Crippen LogP contribution is 2.18. The molecule has 0 spiro atoms. The van der Waals surface area contributed by atoms with Gasteiger partial charge in [-0.2, -0.15) is 0 Å². The molecule has 1 rings (SSSR count). The number of carbonyl (C=O) groups is 3. The zero-order chi connectivity index (χ0) is 9.30. The van der Waals surface area contributed by atoms with Crippen molar-refractivity contribution in [3.63, 3.8) is 0 Å². The summed E-state index contributed by atoms with van der Waals surface area (Å²) in [6, 6.07) is 0. The Morgan fingerprint density at radius 3 is 2.58 bits per heavy atom. The molecule has 0 bridgehead atoms. The molecule has 1 unspecified atom stereocenters. The van der Waals surface area contributed by atoms with E-state index in [1.54, 1.807) is 0 Å². The summed E-state index contributed by atoms with van der Waals surface area (Å²) in [4.78, 5) is 36.5. The molecule has 1 saturated heterocycles. The van der Waals surface area contributed by atoms with Gasteiger partial charge in [0.05, 0.1) is 6.42 Å². The second-order valence-corrected chi connectivity index (χ2v) is 2.81. The van der Waals surface area contributed by atoms with Gasteiger partial charge in [0.1, 0.15) is 5.38 Å². The first-order chi connectivity index (χ1) is 5.52. The molecule has 66 valence electrons. The minimum Gasteiger partial charge on any atom is -0.331 e. The average Bonchev–Trinajstić information content (AvgIpc) is 2.16. The van der Waals surface area contributed by atoms with Gasteiger partial charge in [0.2, 0.25) is 0 Å². The number of hydrogen-bond acceptors (Lipinski definition) is 4. The minimum atomic E-state index is -0.906. The van der Waals surface area contributed by atoms with E-state index < -0.39 is 23.2 Å². The Morgan fingerprint density at radius 2 is 2.25 bits per heavy atom. The molecular weight excluding hydrogens is 186 g/mol. The van der Waals surface area contributed by atoms with Gasteiger partial charge >= 0.3 is 5.97 Å². The van der Waals surface area contributed by atoms with Crippen LogP contribution < -0.4 is 0 Å². The average molecular weight is 192 g/mol. The maximum atomic E-state index is 10.9. The lowest BCUT2D eigenvalue weighted by Crippen LogP contribution is -2.32. The molecule has 1 heterocycles. The van der Waals surface area contributed by atoms with Gasteiger partial charge < -0.3 is 4.84 Å². The first-order valence-corrected chi connectivity index (χ1v) is 3.65. The van der Waals surface area contributed by atoms with E-state index in [1.165, 1.54) is 0 Å². The molecule has 0 aromatic heterocycles. The van der Waals surface area contributed by atoms with Crippen molar-refractivity contribution in [1.82, 2.24) is 5.06 Å². The number of carbonyl (C=O) groups excluding carboxylic acids is 3. The lowest BCUT2D eigenvalue weighted by Gasteiger charge is -2.10. The Labute approximate surface area is 73.2 Å². The fourth-order valence-corrected chi connectivity index (χ4v) is 1.02. The molecule has 6 heteroatoms. The smallest absolute Gasteiger partial charge is 0.330 e. The Kier molecular flexibility index (Phi) is 2.32. The Balaban J connectivity index is 2.70. The number of amides is 2. The Bertz CT molecular complexity index is 252. The van der Waals surface area contributed by atoms with Gasteiger partial charge in [-0.05, 0) is 0 Å². The van der Waals surface area contributed by atoms with E-state index in [0.717, 1.165) is 6.92 Å². The normalized spacial score (nSPS) is 23.2. The number of rotatable bonds is 1. The van der Waals surface area contributed by atoms with Crippen LogP contribution in [-0.4, -0.2) is 28.2 Å². The highest BCUT2D eigenvalue weighted by Gasteiger charge is 2.40. The molecule has 1 aliphatic heterocycles. The molecule has 0 saturated carbocycles. The van der Waals surface area contributed by atoms with E-state index in [1.807, 2.05) is 0 Å². The van der Waals surface area contributed by atoms with E-state index in [0.29, 0.717) is 5.06 Å². The van der Waals surface area contributed by atoms with Crippen molar-refractivity contribution in [2.75, 3.05) is 0 Å². The van der Waals surface area contributed by atoms with E-state index >= 15 is 0 Å². The van der Waals surface area contributed by atoms with Crippen LogP contribution in [-0.2, 0) is 19.2 Å². The van der Waals surface area contributed by atoms with Crippen molar-refractivity contribution in [3.05, 3.63) is 0 Å². The molecule has 5 nitrogen and oxygen atoms in total. The number of halogens is 1. The minimum absolute atomic E-state index is 0.117. The van der Waals surface area contributed by atoms with Crippen molar-refractivity contribution < 1.29 is 19.2 Å². The molecule has 2 amide bonds. The van der Waals surface area contributed by atoms with Crippen LogP contribution in [0.1, 0.15) is 13.3 Å². The topological polar surface area (TPSA) is 63.7 Å². The van der Waals surface area contributed by atoms with Crippen LogP contribution in [0.15, 0.2) is 0 Å². The Hall–Kier alpha value is -1.10. The second-order valence-electron chi connectivity index (χ2n) is 2.28. The number of alkyl halides is 1. The van der Waals surface area contributed by atoms with Crippen molar-refractivity contribution in [2.24, 2.45) is 0 Å². The summed E-state index contributed by atoms with van der Waals surface area (Å²) in [5.74, 6) is -1.99. The zero-order valence-electron chi connectivity index (χ0n) is 6.24. The molecule has 12 heavy (non-hydrogen) atoms. The number of hydroxylamine groups is 2. The summed E-state index contributed by atoms with van der Waals surface area (Å²) < 4.78 is 0. The fourth-order valence-electron chi connectivity index (χ4n) is 0.798. The summed E-state index contributed by atoms with van der Waals surface area (Å²) >= 11 is 5.43. The number of nitrogens with zero attached hydrogens (tertiary/aromatic N) is 1. The van der Waals surface area contributed by atoms with Gasteiger partial charge in [0.15, 0.2) is 0 Å². The molecule has 1 fully saturated rings. The third-order valence-corrected chi connectivity index (χ3v) is 1.61. The van der Waals surface area contributed by atoms with Crippen LogP contribution in [0.25, 0.3) is 0 Å². The monoisotopic (exact) mass is 191 g/mol. The van der Waals surface area contributed by atoms with Crippen molar-refractivity contribution in [1.29, 1.82) is 0 Å². The zero-order valence-corrected chi connectivity index (χ0v) is 7.00. The highest BCUT2D eigenvalue weighted by molar-refractivity contribution is 6.35. The maximum Gasteiger partial charge on any atom is 0.330 e. The predicted octanol–water partition coefficient (Wildman–Crippen LogP) is -0.169. The lowest BCUT2D eigenvalue weighted by atomic mass is 10.4. The van der Waals surface area contributed by atoms with Crippen molar-refractivity contribution >= 4 is 29.4 Å². The van der Waals surface area contributed by atoms with E-state index in [9.17, 15) is 14.4 Å². The third kappa shape index (κ3) is 1.55.